The summed E-state index contributed by atoms with van der Waals surface area (Å²) in [5.41, 5.74) is 1.09. The lowest BCUT2D eigenvalue weighted by molar-refractivity contribution is -0.113. The maximum Gasteiger partial charge on any atom is 0.420 e. The Kier molecular flexibility index (Phi) is 3.53. The minimum Gasteiger partial charge on any atom is -0.497 e. The highest BCUT2D eigenvalue weighted by Crippen LogP contribution is 2.44. The minimum atomic E-state index is -0.498. The molecule has 1 spiro atoms. The summed E-state index contributed by atoms with van der Waals surface area (Å²) < 4.78 is 11.2. The monoisotopic (exact) mass is 329 g/mol. The molecule has 5 rings (SSSR count). The summed E-state index contributed by atoms with van der Waals surface area (Å²) in [6.45, 7) is 4.84. The van der Waals surface area contributed by atoms with Crippen LogP contribution in [0.15, 0.2) is 18.2 Å². The number of amides is 1. The Labute approximate surface area is 141 Å². The molecule has 0 aliphatic carbocycles. The minimum absolute atomic E-state index is 0.327. The number of methoxy groups -OCH3 is 1. The molecule has 24 heavy (non-hydrogen) atoms. The van der Waals surface area contributed by atoms with E-state index in [1.807, 2.05) is 25.1 Å². The molecule has 4 saturated heterocycles. The van der Waals surface area contributed by atoms with Crippen molar-refractivity contribution >= 4 is 17.6 Å². The fraction of sp³-hybridized carbons (Fsp3) is 0.556. The Hall–Kier alpha value is -2.08. The molecule has 4 heterocycles. The van der Waals surface area contributed by atoms with E-state index in [1.54, 1.807) is 7.11 Å². The van der Waals surface area contributed by atoms with Crippen molar-refractivity contribution in [1.29, 1.82) is 5.41 Å². The summed E-state index contributed by atoms with van der Waals surface area (Å²) in [6, 6.07) is 5.49. The predicted molar refractivity (Wildman–Crippen MR) is 90.9 cm³/mol. The fourth-order valence-electron chi connectivity index (χ4n) is 4.42. The van der Waals surface area contributed by atoms with Crippen molar-refractivity contribution < 1.29 is 14.3 Å². The number of rotatable bonds is 2. The second kappa shape index (κ2) is 5.48. The van der Waals surface area contributed by atoms with E-state index < -0.39 is 11.7 Å². The number of nitrogens with zero attached hydrogens (tertiary/aromatic N) is 2. The quantitative estimate of drug-likeness (QED) is 0.906. The molecule has 0 saturated carbocycles. The molecular weight excluding hydrogens is 306 g/mol. The van der Waals surface area contributed by atoms with Gasteiger partial charge in [0.15, 0.2) is 0 Å². The third kappa shape index (κ3) is 2.28. The summed E-state index contributed by atoms with van der Waals surface area (Å²) in [4.78, 5) is 16.5. The Morgan fingerprint density at radius 3 is 2.62 bits per heavy atom. The molecule has 1 N–H and O–H groups in total. The first-order valence-corrected chi connectivity index (χ1v) is 8.50. The van der Waals surface area contributed by atoms with E-state index in [0.29, 0.717) is 23.9 Å². The maximum atomic E-state index is 12.8. The third-order valence-electron chi connectivity index (χ3n) is 5.68. The van der Waals surface area contributed by atoms with E-state index >= 15 is 0 Å². The van der Waals surface area contributed by atoms with Crippen LogP contribution in [0, 0.1) is 18.3 Å². The van der Waals surface area contributed by atoms with Crippen LogP contribution in [-0.2, 0) is 4.74 Å². The molecule has 6 heteroatoms. The van der Waals surface area contributed by atoms with Crippen LogP contribution < -0.4 is 9.64 Å². The van der Waals surface area contributed by atoms with Gasteiger partial charge in [0, 0.05) is 18.9 Å². The van der Waals surface area contributed by atoms with Gasteiger partial charge in [0.1, 0.15) is 17.2 Å². The lowest BCUT2D eigenvalue weighted by Crippen LogP contribution is -2.66. The number of carbonyl (C=O) groups is 1. The smallest absolute Gasteiger partial charge is 0.420 e. The molecule has 0 aromatic heterocycles. The zero-order valence-electron chi connectivity index (χ0n) is 14.2. The number of amidine groups is 1. The van der Waals surface area contributed by atoms with Crippen molar-refractivity contribution in [3.8, 4) is 5.75 Å². The summed E-state index contributed by atoms with van der Waals surface area (Å²) in [5.74, 6) is 1.45. The highest BCUT2D eigenvalue weighted by Gasteiger charge is 2.54. The molecule has 1 atom stereocenters. The summed E-state index contributed by atoms with van der Waals surface area (Å²) in [5, 5.41) is 8.53. The van der Waals surface area contributed by atoms with Gasteiger partial charge >= 0.3 is 6.09 Å². The first-order chi connectivity index (χ1) is 11.5. The van der Waals surface area contributed by atoms with Gasteiger partial charge in [0.2, 0.25) is 0 Å². The van der Waals surface area contributed by atoms with Crippen LogP contribution in [-0.4, -0.2) is 49.2 Å². The molecule has 4 aliphatic heterocycles. The Morgan fingerprint density at radius 1 is 1.33 bits per heavy atom. The SMILES string of the molecule is COc1ccc(N2C(=N)CC3(CN4CCC3CC4)OC2=O)c(C)c1. The van der Waals surface area contributed by atoms with Crippen molar-refractivity contribution in [1.82, 2.24) is 4.90 Å². The first-order valence-electron chi connectivity index (χ1n) is 8.50. The van der Waals surface area contributed by atoms with Gasteiger partial charge in [0.05, 0.1) is 12.8 Å². The lowest BCUT2D eigenvalue weighted by Gasteiger charge is -2.54. The number of ether oxygens (including phenoxy) is 2. The highest BCUT2D eigenvalue weighted by molar-refractivity contribution is 6.15. The van der Waals surface area contributed by atoms with E-state index in [4.69, 9.17) is 14.9 Å². The highest BCUT2D eigenvalue weighted by atomic mass is 16.6. The average molecular weight is 329 g/mol. The van der Waals surface area contributed by atoms with Gasteiger partial charge in [-0.05, 0) is 56.6 Å². The first kappa shape index (κ1) is 15.4. The zero-order valence-corrected chi connectivity index (χ0v) is 14.2. The van der Waals surface area contributed by atoms with Crippen LogP contribution >= 0.6 is 0 Å². The third-order valence-corrected chi connectivity index (χ3v) is 5.68. The van der Waals surface area contributed by atoms with Gasteiger partial charge < -0.3 is 9.47 Å². The van der Waals surface area contributed by atoms with E-state index in [0.717, 1.165) is 43.8 Å². The Morgan fingerprint density at radius 2 is 2.08 bits per heavy atom. The van der Waals surface area contributed by atoms with Gasteiger partial charge in [0.25, 0.3) is 0 Å². The molecule has 1 unspecified atom stereocenters. The van der Waals surface area contributed by atoms with Crippen LogP contribution in [0.1, 0.15) is 24.8 Å². The molecule has 6 nitrogen and oxygen atoms in total. The molecule has 1 aromatic carbocycles. The predicted octanol–water partition coefficient (Wildman–Crippen LogP) is 2.79. The van der Waals surface area contributed by atoms with Gasteiger partial charge in [-0.15, -0.1) is 0 Å². The number of nitrogens with one attached hydrogen (secondary N) is 1. The lowest BCUT2D eigenvalue weighted by atomic mass is 9.72. The number of aryl methyl sites for hydroxylation is 1. The van der Waals surface area contributed by atoms with E-state index in [-0.39, 0.29) is 0 Å². The summed E-state index contributed by atoms with van der Waals surface area (Å²) >= 11 is 0. The second-order valence-corrected chi connectivity index (χ2v) is 7.09. The van der Waals surface area contributed by atoms with Crippen LogP contribution in [0.4, 0.5) is 10.5 Å². The molecule has 128 valence electrons. The number of hydrogen-bond donors (Lipinski definition) is 1. The van der Waals surface area contributed by atoms with Crippen LogP contribution in [0.2, 0.25) is 0 Å². The van der Waals surface area contributed by atoms with Gasteiger partial charge in [-0.2, -0.15) is 0 Å². The number of fused-ring (bicyclic) bond motifs is 2. The number of hydrogen-bond acceptors (Lipinski definition) is 5. The van der Waals surface area contributed by atoms with Crippen LogP contribution in [0.25, 0.3) is 0 Å². The number of carbonyl (C=O) groups excluding carboxylic acids is 1. The van der Waals surface area contributed by atoms with Crippen molar-refractivity contribution in [2.24, 2.45) is 5.92 Å². The van der Waals surface area contributed by atoms with E-state index in [1.165, 1.54) is 4.90 Å². The average Bonchev–Trinajstić information content (AvgIpc) is 2.56. The van der Waals surface area contributed by atoms with Gasteiger partial charge in [-0.25, -0.2) is 9.69 Å². The number of benzene rings is 1. The molecule has 2 bridgehead atoms. The summed E-state index contributed by atoms with van der Waals surface area (Å²) in [7, 11) is 1.61. The summed E-state index contributed by atoms with van der Waals surface area (Å²) in [6.07, 6.45) is 2.18. The molecule has 4 aliphatic rings. The molecule has 1 amide bonds. The maximum absolute atomic E-state index is 12.8. The molecule has 4 fully saturated rings. The molecular formula is C18H23N3O3. The van der Waals surface area contributed by atoms with Crippen molar-refractivity contribution in [2.45, 2.75) is 31.8 Å². The number of piperidine rings is 3. The van der Waals surface area contributed by atoms with Gasteiger partial charge in [-0.1, -0.05) is 0 Å². The molecule has 1 aromatic rings. The Bertz CT molecular complexity index is 677. The fourth-order valence-corrected chi connectivity index (χ4v) is 4.42. The van der Waals surface area contributed by atoms with E-state index in [9.17, 15) is 4.79 Å². The topological polar surface area (TPSA) is 65.9 Å². The van der Waals surface area contributed by atoms with E-state index in [2.05, 4.69) is 4.90 Å². The van der Waals surface area contributed by atoms with Gasteiger partial charge in [-0.3, -0.25) is 10.3 Å². The van der Waals surface area contributed by atoms with Crippen molar-refractivity contribution in [2.75, 3.05) is 31.6 Å². The molecule has 0 radical (unpaired) electrons. The van der Waals surface area contributed by atoms with Crippen molar-refractivity contribution in [3.63, 3.8) is 0 Å². The second-order valence-electron chi connectivity index (χ2n) is 7.09. The number of anilines is 1. The zero-order chi connectivity index (χ0) is 16.9. The standard InChI is InChI=1S/C18H23N3O3/c1-12-9-14(23-2)3-4-15(12)21-16(19)10-18(24-17(21)22)11-20-7-5-13(18)6-8-20/h3-4,9,13,19H,5-8,10-11H2,1-2H3. The Balaban J connectivity index is 1.62. The normalized spacial score (nSPS) is 32.2. The van der Waals surface area contributed by atoms with Crippen LogP contribution in [0.3, 0.4) is 0 Å². The largest absolute Gasteiger partial charge is 0.497 e. The van der Waals surface area contributed by atoms with Crippen LogP contribution in [0.5, 0.6) is 5.75 Å². The van der Waals surface area contributed by atoms with Crippen molar-refractivity contribution in [3.05, 3.63) is 23.8 Å².